The third kappa shape index (κ3) is 2.64. The van der Waals surface area contributed by atoms with Gasteiger partial charge in [-0.25, -0.2) is 4.68 Å². The summed E-state index contributed by atoms with van der Waals surface area (Å²) in [4.78, 5) is 24.5. The molecule has 4 rings (SSSR count). The number of rotatable bonds is 4. The highest BCUT2D eigenvalue weighted by molar-refractivity contribution is 6.02. The number of fused-ring (bicyclic) bond motifs is 1. The van der Waals surface area contributed by atoms with E-state index >= 15 is 0 Å². The Morgan fingerprint density at radius 1 is 1.26 bits per heavy atom. The van der Waals surface area contributed by atoms with Crippen molar-refractivity contribution < 1.29 is 19.1 Å². The first-order valence-electron chi connectivity index (χ1n) is 8.67. The van der Waals surface area contributed by atoms with Crippen molar-refractivity contribution in [1.29, 1.82) is 0 Å². The van der Waals surface area contributed by atoms with E-state index in [2.05, 4.69) is 10.4 Å². The zero-order valence-electron chi connectivity index (χ0n) is 15.1. The number of nitrogens with zero attached hydrogens (tertiary/aromatic N) is 2. The molecule has 0 unspecified atom stereocenters. The third-order valence-electron chi connectivity index (χ3n) is 5.03. The zero-order chi connectivity index (χ0) is 19.1. The van der Waals surface area contributed by atoms with Crippen molar-refractivity contribution >= 4 is 17.5 Å². The van der Waals surface area contributed by atoms with Crippen LogP contribution in [0.2, 0.25) is 0 Å². The van der Waals surface area contributed by atoms with Crippen LogP contribution in [0.15, 0.2) is 35.7 Å². The SMILES string of the molecule is COc1ccc([C@@H]2C3=C(CCCC3=O)Nc3c(C(N)=O)cnn32)cc1OC. The predicted octanol–water partition coefficient (Wildman–Crippen LogP) is 2.02. The summed E-state index contributed by atoms with van der Waals surface area (Å²) < 4.78 is 12.4. The maximum atomic E-state index is 12.8. The van der Waals surface area contributed by atoms with E-state index in [0.29, 0.717) is 34.9 Å². The number of nitrogens with one attached hydrogen (secondary N) is 1. The van der Waals surface area contributed by atoms with Crippen molar-refractivity contribution in [2.24, 2.45) is 5.73 Å². The Balaban J connectivity index is 1.92. The first-order chi connectivity index (χ1) is 13.0. The number of primary amides is 1. The van der Waals surface area contributed by atoms with Crippen LogP contribution < -0.4 is 20.5 Å². The topological polar surface area (TPSA) is 108 Å². The summed E-state index contributed by atoms with van der Waals surface area (Å²) in [6.45, 7) is 0. The van der Waals surface area contributed by atoms with Crippen LogP contribution in [0, 0.1) is 0 Å². The zero-order valence-corrected chi connectivity index (χ0v) is 15.1. The van der Waals surface area contributed by atoms with Crippen molar-refractivity contribution in [1.82, 2.24) is 9.78 Å². The Labute approximate surface area is 155 Å². The van der Waals surface area contributed by atoms with Gasteiger partial charge in [-0.1, -0.05) is 6.07 Å². The molecule has 0 radical (unpaired) electrons. The molecule has 1 atom stereocenters. The van der Waals surface area contributed by atoms with Gasteiger partial charge in [0.15, 0.2) is 17.3 Å². The monoisotopic (exact) mass is 368 g/mol. The molecule has 0 saturated carbocycles. The minimum absolute atomic E-state index is 0.0744. The van der Waals surface area contributed by atoms with Crippen LogP contribution in [0.3, 0.4) is 0 Å². The van der Waals surface area contributed by atoms with Crippen LogP contribution in [-0.4, -0.2) is 35.7 Å². The number of carbonyl (C=O) groups excluding carboxylic acids is 2. The van der Waals surface area contributed by atoms with E-state index in [1.807, 2.05) is 12.1 Å². The fourth-order valence-electron chi connectivity index (χ4n) is 3.77. The van der Waals surface area contributed by atoms with Gasteiger partial charge in [-0.2, -0.15) is 5.10 Å². The number of amides is 1. The van der Waals surface area contributed by atoms with E-state index in [-0.39, 0.29) is 5.78 Å². The van der Waals surface area contributed by atoms with Gasteiger partial charge in [-0.3, -0.25) is 9.59 Å². The van der Waals surface area contributed by atoms with Gasteiger partial charge in [0.2, 0.25) is 0 Å². The van der Waals surface area contributed by atoms with Gasteiger partial charge in [-0.15, -0.1) is 0 Å². The van der Waals surface area contributed by atoms with Crippen LogP contribution in [0.5, 0.6) is 11.5 Å². The number of benzene rings is 1. The van der Waals surface area contributed by atoms with Crippen LogP contribution >= 0.6 is 0 Å². The number of methoxy groups -OCH3 is 2. The van der Waals surface area contributed by atoms with Gasteiger partial charge in [0.05, 0.1) is 20.4 Å². The predicted molar refractivity (Wildman–Crippen MR) is 97.9 cm³/mol. The number of nitrogens with two attached hydrogens (primary N) is 1. The summed E-state index contributed by atoms with van der Waals surface area (Å²) in [6.07, 6.45) is 3.42. The second-order valence-electron chi connectivity index (χ2n) is 6.53. The molecule has 2 aromatic rings. The van der Waals surface area contributed by atoms with E-state index < -0.39 is 11.9 Å². The minimum atomic E-state index is -0.569. The van der Waals surface area contributed by atoms with E-state index in [9.17, 15) is 9.59 Å². The highest BCUT2D eigenvalue weighted by Crippen LogP contribution is 2.43. The summed E-state index contributed by atoms with van der Waals surface area (Å²) in [5, 5.41) is 7.57. The van der Waals surface area contributed by atoms with Gasteiger partial charge in [0, 0.05) is 17.7 Å². The number of aromatic nitrogens is 2. The number of allylic oxidation sites excluding steroid dienone is 2. The molecule has 2 heterocycles. The second-order valence-corrected chi connectivity index (χ2v) is 6.53. The maximum Gasteiger partial charge on any atom is 0.254 e. The molecule has 1 aromatic carbocycles. The van der Waals surface area contributed by atoms with Crippen LogP contribution in [0.25, 0.3) is 0 Å². The smallest absolute Gasteiger partial charge is 0.254 e. The summed E-state index contributed by atoms with van der Waals surface area (Å²) in [6, 6.07) is 5.04. The number of ether oxygens (including phenoxy) is 2. The Morgan fingerprint density at radius 3 is 2.74 bits per heavy atom. The Hall–Kier alpha value is -3.29. The van der Waals surface area contributed by atoms with Crippen molar-refractivity contribution in [2.75, 3.05) is 19.5 Å². The summed E-state index contributed by atoms with van der Waals surface area (Å²) in [7, 11) is 3.13. The quantitative estimate of drug-likeness (QED) is 0.855. The Kier molecular flexibility index (Phi) is 4.10. The van der Waals surface area contributed by atoms with Gasteiger partial charge in [0.1, 0.15) is 17.4 Å². The molecule has 2 aliphatic rings. The fraction of sp³-hybridized carbons (Fsp3) is 0.316. The number of carbonyl (C=O) groups is 2. The van der Waals surface area contributed by atoms with Crippen molar-refractivity contribution in [3.05, 3.63) is 46.8 Å². The van der Waals surface area contributed by atoms with Crippen molar-refractivity contribution in [3.63, 3.8) is 0 Å². The molecule has 27 heavy (non-hydrogen) atoms. The maximum absolute atomic E-state index is 12.8. The lowest BCUT2D eigenvalue weighted by molar-refractivity contribution is -0.116. The summed E-state index contributed by atoms with van der Waals surface area (Å²) in [5.74, 6) is 1.17. The van der Waals surface area contributed by atoms with E-state index in [4.69, 9.17) is 15.2 Å². The first kappa shape index (κ1) is 17.1. The fourth-order valence-corrected chi connectivity index (χ4v) is 3.77. The van der Waals surface area contributed by atoms with E-state index in [0.717, 1.165) is 24.1 Å². The normalized spacial score (nSPS) is 18.4. The molecule has 1 aliphatic carbocycles. The highest BCUT2D eigenvalue weighted by Gasteiger charge is 2.37. The first-order valence-corrected chi connectivity index (χ1v) is 8.67. The lowest BCUT2D eigenvalue weighted by Gasteiger charge is -2.33. The molecule has 1 aliphatic heterocycles. The molecule has 140 valence electrons. The molecule has 8 nitrogen and oxygen atoms in total. The largest absolute Gasteiger partial charge is 0.493 e. The number of anilines is 1. The second kappa shape index (κ2) is 6.46. The molecular formula is C19H20N4O4. The number of ketones is 1. The van der Waals surface area contributed by atoms with E-state index in [1.165, 1.54) is 6.20 Å². The number of Topliss-reactive ketones (excluding diaryl/α,β-unsaturated/α-hetero) is 1. The molecule has 0 bridgehead atoms. The average molecular weight is 368 g/mol. The van der Waals surface area contributed by atoms with Crippen LogP contribution in [0.1, 0.15) is 41.2 Å². The lowest BCUT2D eigenvalue weighted by Crippen LogP contribution is -2.32. The average Bonchev–Trinajstić information content (AvgIpc) is 3.09. The minimum Gasteiger partial charge on any atom is -0.493 e. The summed E-state index contributed by atoms with van der Waals surface area (Å²) in [5.41, 5.74) is 8.09. The van der Waals surface area contributed by atoms with Crippen molar-refractivity contribution in [2.45, 2.75) is 25.3 Å². The molecule has 1 amide bonds. The molecule has 0 fully saturated rings. The van der Waals surface area contributed by atoms with Gasteiger partial charge in [0.25, 0.3) is 5.91 Å². The van der Waals surface area contributed by atoms with Crippen molar-refractivity contribution in [3.8, 4) is 11.5 Å². The molecular weight excluding hydrogens is 348 g/mol. The summed E-state index contributed by atoms with van der Waals surface area (Å²) >= 11 is 0. The van der Waals surface area contributed by atoms with Crippen LogP contribution in [0.4, 0.5) is 5.82 Å². The standard InChI is InChI=1S/C19H20N4O4/c1-26-14-7-6-10(8-15(14)27-2)17-16-12(4-3-5-13(16)24)22-19-11(18(20)25)9-21-23(17)19/h6-9,17,22H,3-5H2,1-2H3,(H2,20,25)/t17-/m1/s1. The highest BCUT2D eigenvalue weighted by atomic mass is 16.5. The van der Waals surface area contributed by atoms with Gasteiger partial charge >= 0.3 is 0 Å². The molecule has 0 spiro atoms. The lowest BCUT2D eigenvalue weighted by atomic mass is 9.85. The number of hydrogen-bond acceptors (Lipinski definition) is 6. The molecule has 8 heteroatoms. The number of hydrogen-bond donors (Lipinski definition) is 2. The van der Waals surface area contributed by atoms with Gasteiger partial charge < -0.3 is 20.5 Å². The molecule has 1 aromatic heterocycles. The molecule has 3 N–H and O–H groups in total. The molecule has 0 saturated heterocycles. The Morgan fingerprint density at radius 2 is 2.04 bits per heavy atom. The van der Waals surface area contributed by atoms with E-state index in [1.54, 1.807) is 25.0 Å². The Bertz CT molecular complexity index is 976. The van der Waals surface area contributed by atoms with Crippen LogP contribution in [-0.2, 0) is 4.79 Å². The third-order valence-corrected chi connectivity index (χ3v) is 5.03. The van der Waals surface area contributed by atoms with Gasteiger partial charge in [-0.05, 0) is 30.5 Å².